The predicted molar refractivity (Wildman–Crippen MR) is 125 cm³/mol. The first kappa shape index (κ1) is 20.4. The maximum atomic E-state index is 2.66. The van der Waals surface area contributed by atoms with Crippen LogP contribution >= 0.6 is 0 Å². The van der Waals surface area contributed by atoms with E-state index in [9.17, 15) is 0 Å². The third kappa shape index (κ3) is 3.09. The fourth-order valence-corrected chi connectivity index (χ4v) is 6.24. The van der Waals surface area contributed by atoms with Crippen molar-refractivity contribution in [1.29, 1.82) is 0 Å². The van der Waals surface area contributed by atoms with Gasteiger partial charge in [-0.1, -0.05) is 84.0 Å². The van der Waals surface area contributed by atoms with Gasteiger partial charge in [0.15, 0.2) is 11.8 Å². The number of hydrogen-bond donors (Lipinski definition) is 0. The number of benzene rings is 2. The zero-order valence-electron chi connectivity index (χ0n) is 19.6. The second kappa shape index (κ2) is 6.56. The summed E-state index contributed by atoms with van der Waals surface area (Å²) in [6, 6.07) is 16.1. The van der Waals surface area contributed by atoms with Crippen molar-refractivity contribution < 1.29 is 4.58 Å². The van der Waals surface area contributed by atoms with Crippen molar-refractivity contribution in [1.82, 2.24) is 0 Å². The molecule has 1 heteroatoms. The van der Waals surface area contributed by atoms with E-state index in [1.54, 1.807) is 5.56 Å². The molecule has 0 aromatic heterocycles. The Labute approximate surface area is 177 Å². The Bertz CT molecular complexity index is 947. The van der Waals surface area contributed by atoms with Crippen LogP contribution in [0.1, 0.15) is 102 Å². The van der Waals surface area contributed by atoms with Crippen molar-refractivity contribution in [2.24, 2.45) is 0 Å². The van der Waals surface area contributed by atoms with Crippen LogP contribution in [0.15, 0.2) is 42.5 Å². The molecule has 1 aliphatic carbocycles. The Morgan fingerprint density at radius 2 is 1.28 bits per heavy atom. The van der Waals surface area contributed by atoms with Crippen molar-refractivity contribution in [2.45, 2.75) is 96.4 Å². The Morgan fingerprint density at radius 3 is 1.83 bits per heavy atom. The molecule has 0 radical (unpaired) electrons. The van der Waals surface area contributed by atoms with Gasteiger partial charge in [0.25, 0.3) is 0 Å². The summed E-state index contributed by atoms with van der Waals surface area (Å²) < 4.78 is 2.66. The maximum absolute atomic E-state index is 2.66. The van der Waals surface area contributed by atoms with Gasteiger partial charge in [-0.15, -0.1) is 0 Å². The smallest absolute Gasteiger partial charge is 0.196 e. The normalized spacial score (nSPS) is 24.4. The van der Waals surface area contributed by atoms with Crippen molar-refractivity contribution in [3.8, 4) is 0 Å². The molecule has 2 aromatic rings. The lowest BCUT2D eigenvalue weighted by atomic mass is 9.74. The summed E-state index contributed by atoms with van der Waals surface area (Å²) in [5, 5.41) is 0. The second-order valence-corrected chi connectivity index (χ2v) is 11.3. The standard InChI is InChI=1S/C28H38N/c1-19(2)21-12-11-13-22(20(3)4)25(21)29-18-28(17-27(29,7)8)16-26(5,6)23-14-9-10-15-24(23)28/h9-15,18-20H,16-17H2,1-8H3/q+1/t28-/m0/s1. The molecule has 0 amide bonds. The van der Waals surface area contributed by atoms with E-state index in [1.807, 2.05) is 0 Å². The zero-order chi connectivity index (χ0) is 21.2. The molecule has 0 N–H and O–H groups in total. The van der Waals surface area contributed by atoms with Gasteiger partial charge in [-0.25, -0.2) is 0 Å². The summed E-state index contributed by atoms with van der Waals surface area (Å²) in [5.74, 6) is 1.02. The van der Waals surface area contributed by atoms with Crippen LogP contribution in [0, 0.1) is 0 Å². The van der Waals surface area contributed by atoms with Gasteiger partial charge in [-0.2, -0.15) is 4.58 Å². The monoisotopic (exact) mass is 388 g/mol. The van der Waals surface area contributed by atoms with Gasteiger partial charge in [0.05, 0.1) is 5.41 Å². The summed E-state index contributed by atoms with van der Waals surface area (Å²) in [6.45, 7) is 19.0. The summed E-state index contributed by atoms with van der Waals surface area (Å²) in [6.07, 6.45) is 4.98. The third-order valence-electron chi connectivity index (χ3n) is 7.31. The second-order valence-electron chi connectivity index (χ2n) is 11.3. The molecule has 0 saturated carbocycles. The van der Waals surface area contributed by atoms with Gasteiger partial charge in [-0.3, -0.25) is 0 Å². The first-order valence-electron chi connectivity index (χ1n) is 11.4. The Kier molecular flexibility index (Phi) is 4.61. The lowest BCUT2D eigenvalue weighted by molar-refractivity contribution is -0.513. The first-order valence-corrected chi connectivity index (χ1v) is 11.4. The molecule has 29 heavy (non-hydrogen) atoms. The number of para-hydroxylation sites is 1. The lowest BCUT2D eigenvalue weighted by Crippen LogP contribution is -2.32. The predicted octanol–water partition coefficient (Wildman–Crippen LogP) is 7.45. The number of rotatable bonds is 3. The molecule has 2 aliphatic rings. The van der Waals surface area contributed by atoms with Crippen LogP contribution in [0.4, 0.5) is 5.69 Å². The minimum absolute atomic E-state index is 0.0855. The number of fused-ring (bicyclic) bond motifs is 2. The van der Waals surface area contributed by atoms with Crippen molar-refractivity contribution in [2.75, 3.05) is 0 Å². The molecular formula is C28H38N+. The van der Waals surface area contributed by atoms with Crippen LogP contribution in [0.2, 0.25) is 0 Å². The molecule has 1 spiro atoms. The molecule has 0 fully saturated rings. The summed E-state index contributed by atoms with van der Waals surface area (Å²) in [5.41, 5.74) is 7.93. The van der Waals surface area contributed by atoms with Crippen LogP contribution in [-0.2, 0) is 10.8 Å². The van der Waals surface area contributed by atoms with Crippen LogP contribution in [0.3, 0.4) is 0 Å². The molecule has 154 valence electrons. The molecule has 0 unspecified atom stereocenters. The molecule has 4 rings (SSSR count). The molecule has 0 bridgehead atoms. The van der Waals surface area contributed by atoms with E-state index < -0.39 is 0 Å². The fourth-order valence-electron chi connectivity index (χ4n) is 6.24. The Balaban J connectivity index is 1.98. The summed E-state index contributed by atoms with van der Waals surface area (Å²) in [7, 11) is 0. The SMILES string of the molecule is CC(C)c1cccc(C(C)C)c1[N+]1=C[C@]2(CC(C)(C)c3ccccc32)CC1(C)C. The van der Waals surface area contributed by atoms with Gasteiger partial charge in [0.2, 0.25) is 5.69 Å². The third-order valence-corrected chi connectivity index (χ3v) is 7.31. The van der Waals surface area contributed by atoms with Crippen molar-refractivity contribution in [3.63, 3.8) is 0 Å². The average Bonchev–Trinajstić information content (AvgIpc) is 3.03. The zero-order valence-corrected chi connectivity index (χ0v) is 19.6. The van der Waals surface area contributed by atoms with Crippen LogP contribution in [0.25, 0.3) is 0 Å². The maximum Gasteiger partial charge on any atom is 0.212 e. The average molecular weight is 389 g/mol. The van der Waals surface area contributed by atoms with Crippen LogP contribution in [0.5, 0.6) is 0 Å². The minimum atomic E-state index is 0.0855. The van der Waals surface area contributed by atoms with Gasteiger partial charge in [-0.05, 0) is 34.8 Å². The summed E-state index contributed by atoms with van der Waals surface area (Å²) >= 11 is 0. The Morgan fingerprint density at radius 1 is 0.724 bits per heavy atom. The highest BCUT2D eigenvalue weighted by atomic mass is 15.1. The topological polar surface area (TPSA) is 3.01 Å². The van der Waals surface area contributed by atoms with E-state index in [4.69, 9.17) is 0 Å². The molecule has 1 aliphatic heterocycles. The van der Waals surface area contributed by atoms with Gasteiger partial charge in [0.1, 0.15) is 0 Å². The first-order chi connectivity index (χ1) is 13.5. The van der Waals surface area contributed by atoms with E-state index in [0.29, 0.717) is 11.8 Å². The van der Waals surface area contributed by atoms with Crippen molar-refractivity contribution in [3.05, 3.63) is 64.7 Å². The molecular weight excluding hydrogens is 350 g/mol. The van der Waals surface area contributed by atoms with Gasteiger partial charge in [0, 0.05) is 31.4 Å². The lowest BCUT2D eigenvalue weighted by Gasteiger charge is -2.25. The molecule has 1 heterocycles. The van der Waals surface area contributed by atoms with E-state index >= 15 is 0 Å². The highest BCUT2D eigenvalue weighted by Crippen LogP contribution is 2.56. The van der Waals surface area contributed by atoms with Crippen LogP contribution in [-0.4, -0.2) is 16.3 Å². The van der Waals surface area contributed by atoms with Crippen LogP contribution < -0.4 is 0 Å². The van der Waals surface area contributed by atoms with E-state index in [1.165, 1.54) is 35.2 Å². The number of nitrogens with zero attached hydrogens (tertiary/aromatic N) is 1. The van der Waals surface area contributed by atoms with Crippen molar-refractivity contribution >= 4 is 11.9 Å². The largest absolute Gasteiger partial charge is 0.212 e. The highest BCUT2D eigenvalue weighted by Gasteiger charge is 2.58. The van der Waals surface area contributed by atoms with E-state index in [2.05, 4.69) is 109 Å². The van der Waals surface area contributed by atoms with Gasteiger partial charge >= 0.3 is 0 Å². The molecule has 1 atom stereocenters. The minimum Gasteiger partial charge on any atom is -0.196 e. The quantitative estimate of drug-likeness (QED) is 0.480. The van der Waals surface area contributed by atoms with E-state index in [-0.39, 0.29) is 16.4 Å². The fraction of sp³-hybridized carbons (Fsp3) is 0.536. The summed E-state index contributed by atoms with van der Waals surface area (Å²) in [4.78, 5) is 0. The number of hydrogen-bond acceptors (Lipinski definition) is 0. The molecule has 0 saturated heterocycles. The molecule has 2 aromatic carbocycles. The van der Waals surface area contributed by atoms with E-state index in [0.717, 1.165) is 0 Å². The highest BCUT2D eigenvalue weighted by molar-refractivity contribution is 5.77. The molecule has 1 nitrogen and oxygen atoms in total. The van der Waals surface area contributed by atoms with Gasteiger partial charge < -0.3 is 0 Å². The Hall–Kier alpha value is -1.89.